The molecule has 0 aromatic heterocycles. The van der Waals surface area contributed by atoms with Crippen LogP contribution in [0.4, 0.5) is 5.69 Å². The maximum absolute atomic E-state index is 12.3. The van der Waals surface area contributed by atoms with Gasteiger partial charge in [-0.1, -0.05) is 15.9 Å². The number of aryl methyl sites for hydroxylation is 1. The van der Waals surface area contributed by atoms with E-state index < -0.39 is 11.7 Å². The highest BCUT2D eigenvalue weighted by molar-refractivity contribution is 9.10. The van der Waals surface area contributed by atoms with Gasteiger partial charge in [0.1, 0.15) is 6.54 Å². The molecule has 2 aliphatic rings. The van der Waals surface area contributed by atoms with Gasteiger partial charge in [0.2, 0.25) is 5.91 Å². The molecule has 1 aromatic carbocycles. The Hall–Kier alpha value is -1.69. The fraction of sp³-hybridized carbons (Fsp3) is 0.400. The Balaban J connectivity index is 1.92. The zero-order valence-corrected chi connectivity index (χ0v) is 13.3. The van der Waals surface area contributed by atoms with E-state index in [0.717, 1.165) is 36.0 Å². The van der Waals surface area contributed by atoms with Gasteiger partial charge in [0.15, 0.2) is 0 Å². The maximum Gasteiger partial charge on any atom is 0.299 e. The van der Waals surface area contributed by atoms with Crippen LogP contribution in [0.2, 0.25) is 0 Å². The second-order valence-electron chi connectivity index (χ2n) is 5.43. The lowest BCUT2D eigenvalue weighted by Crippen LogP contribution is -2.41. The Bertz CT molecular complexity index is 651. The van der Waals surface area contributed by atoms with Crippen molar-refractivity contribution < 1.29 is 14.4 Å². The van der Waals surface area contributed by atoms with Crippen LogP contribution in [0.25, 0.3) is 0 Å². The number of Topliss-reactive ketones (excluding diaryl/α,β-unsaturated/α-hetero) is 1. The Morgan fingerprint density at radius 2 is 1.90 bits per heavy atom. The van der Waals surface area contributed by atoms with Crippen molar-refractivity contribution in [2.75, 3.05) is 24.5 Å². The molecule has 2 aliphatic heterocycles. The van der Waals surface area contributed by atoms with Gasteiger partial charge < -0.3 is 4.90 Å². The van der Waals surface area contributed by atoms with Crippen LogP contribution in [-0.2, 0) is 9.59 Å². The van der Waals surface area contributed by atoms with Crippen molar-refractivity contribution in [2.45, 2.75) is 19.8 Å². The molecule has 0 unspecified atom stereocenters. The number of halogens is 1. The van der Waals surface area contributed by atoms with Crippen LogP contribution in [0.3, 0.4) is 0 Å². The van der Waals surface area contributed by atoms with Gasteiger partial charge >= 0.3 is 0 Å². The third-order valence-corrected chi connectivity index (χ3v) is 4.43. The molecule has 0 radical (unpaired) electrons. The summed E-state index contributed by atoms with van der Waals surface area (Å²) in [4.78, 5) is 39.6. The molecular formula is C15H15BrN2O3. The highest BCUT2D eigenvalue weighted by atomic mass is 79.9. The average molecular weight is 351 g/mol. The Labute approximate surface area is 131 Å². The fourth-order valence-electron chi connectivity index (χ4n) is 2.96. The molecular weight excluding hydrogens is 336 g/mol. The molecule has 2 heterocycles. The first-order valence-electron chi connectivity index (χ1n) is 6.93. The van der Waals surface area contributed by atoms with Gasteiger partial charge in [-0.25, -0.2) is 0 Å². The number of fused-ring (bicyclic) bond motifs is 1. The molecule has 0 saturated carbocycles. The maximum atomic E-state index is 12.3. The summed E-state index contributed by atoms with van der Waals surface area (Å²) in [6.07, 6.45) is 2.00. The first kappa shape index (κ1) is 14.3. The molecule has 0 spiro atoms. The molecule has 110 valence electrons. The molecule has 3 rings (SSSR count). The average Bonchev–Trinajstić information content (AvgIpc) is 3.03. The zero-order valence-electron chi connectivity index (χ0n) is 11.7. The molecule has 0 aliphatic carbocycles. The number of benzene rings is 1. The summed E-state index contributed by atoms with van der Waals surface area (Å²) >= 11 is 3.33. The number of hydrogen-bond donors (Lipinski definition) is 0. The van der Waals surface area contributed by atoms with Crippen molar-refractivity contribution in [2.24, 2.45) is 0 Å². The lowest BCUT2D eigenvalue weighted by atomic mass is 10.1. The number of hydrogen-bond acceptors (Lipinski definition) is 3. The van der Waals surface area contributed by atoms with Gasteiger partial charge in [-0.3, -0.25) is 19.3 Å². The second kappa shape index (κ2) is 5.26. The first-order chi connectivity index (χ1) is 9.99. The summed E-state index contributed by atoms with van der Waals surface area (Å²) in [7, 11) is 0. The quantitative estimate of drug-likeness (QED) is 0.765. The van der Waals surface area contributed by atoms with E-state index in [-0.39, 0.29) is 12.5 Å². The number of rotatable bonds is 2. The normalized spacial score (nSPS) is 17.6. The zero-order chi connectivity index (χ0) is 15.1. The molecule has 21 heavy (non-hydrogen) atoms. The molecule has 2 amide bonds. The lowest BCUT2D eigenvalue weighted by Gasteiger charge is -2.22. The molecule has 0 N–H and O–H groups in total. The van der Waals surface area contributed by atoms with Crippen LogP contribution < -0.4 is 4.90 Å². The van der Waals surface area contributed by atoms with Crippen molar-refractivity contribution in [3.8, 4) is 0 Å². The number of amides is 2. The van der Waals surface area contributed by atoms with Crippen molar-refractivity contribution >= 4 is 39.2 Å². The van der Waals surface area contributed by atoms with E-state index in [9.17, 15) is 14.4 Å². The smallest absolute Gasteiger partial charge is 0.299 e. The number of carbonyl (C=O) groups is 3. The van der Waals surface area contributed by atoms with Crippen LogP contribution in [0.1, 0.15) is 28.8 Å². The van der Waals surface area contributed by atoms with Crippen LogP contribution in [0.15, 0.2) is 16.6 Å². The van der Waals surface area contributed by atoms with Gasteiger partial charge in [-0.05, 0) is 37.5 Å². The van der Waals surface area contributed by atoms with Gasteiger partial charge in [0.25, 0.3) is 11.7 Å². The fourth-order valence-corrected chi connectivity index (χ4v) is 3.53. The number of nitrogens with zero attached hydrogens (tertiary/aromatic N) is 2. The summed E-state index contributed by atoms with van der Waals surface area (Å²) in [6, 6.07) is 3.49. The Kier molecular flexibility index (Phi) is 3.57. The molecule has 1 saturated heterocycles. The van der Waals surface area contributed by atoms with E-state index in [0.29, 0.717) is 11.3 Å². The number of ketones is 1. The monoisotopic (exact) mass is 350 g/mol. The SMILES string of the molecule is Cc1cc(Br)cc2c1N(CC(=O)N1CCCC1)C(=O)C2=O. The van der Waals surface area contributed by atoms with Gasteiger partial charge in [0, 0.05) is 17.6 Å². The summed E-state index contributed by atoms with van der Waals surface area (Å²) in [5, 5.41) is 0. The van der Waals surface area contributed by atoms with Crippen molar-refractivity contribution in [3.63, 3.8) is 0 Å². The van der Waals surface area contributed by atoms with Crippen LogP contribution >= 0.6 is 15.9 Å². The van der Waals surface area contributed by atoms with E-state index in [4.69, 9.17) is 0 Å². The summed E-state index contributed by atoms with van der Waals surface area (Å²) in [5.74, 6) is -1.24. The topological polar surface area (TPSA) is 57.7 Å². The second-order valence-corrected chi connectivity index (χ2v) is 6.34. The number of likely N-dealkylation sites (tertiary alicyclic amines) is 1. The summed E-state index contributed by atoms with van der Waals surface area (Å²) in [6.45, 7) is 3.25. The molecule has 6 heteroatoms. The van der Waals surface area contributed by atoms with E-state index in [1.54, 1.807) is 11.0 Å². The highest BCUT2D eigenvalue weighted by Gasteiger charge is 2.39. The largest absolute Gasteiger partial charge is 0.341 e. The molecule has 1 aromatic rings. The minimum Gasteiger partial charge on any atom is -0.341 e. The minimum atomic E-state index is -0.612. The predicted molar refractivity (Wildman–Crippen MR) is 81.4 cm³/mol. The minimum absolute atomic E-state index is 0.0555. The highest BCUT2D eigenvalue weighted by Crippen LogP contribution is 2.35. The van der Waals surface area contributed by atoms with Crippen LogP contribution in [0, 0.1) is 6.92 Å². The molecule has 5 nitrogen and oxygen atoms in total. The lowest BCUT2D eigenvalue weighted by molar-refractivity contribution is -0.129. The first-order valence-corrected chi connectivity index (χ1v) is 7.72. The van der Waals surface area contributed by atoms with Crippen molar-refractivity contribution in [1.82, 2.24) is 4.90 Å². The van der Waals surface area contributed by atoms with Crippen molar-refractivity contribution in [3.05, 3.63) is 27.7 Å². The summed E-state index contributed by atoms with van der Waals surface area (Å²) < 4.78 is 0.757. The van der Waals surface area contributed by atoms with E-state index in [2.05, 4.69) is 15.9 Å². The standard InChI is InChI=1S/C15H15BrN2O3/c1-9-6-10(16)7-11-13(9)18(15(21)14(11)20)8-12(19)17-4-2-3-5-17/h6-7H,2-5,8H2,1H3. The van der Waals surface area contributed by atoms with Gasteiger partial charge in [-0.15, -0.1) is 0 Å². The van der Waals surface area contributed by atoms with Crippen LogP contribution in [0.5, 0.6) is 0 Å². The Morgan fingerprint density at radius 1 is 1.24 bits per heavy atom. The van der Waals surface area contributed by atoms with E-state index in [1.807, 2.05) is 13.0 Å². The van der Waals surface area contributed by atoms with Gasteiger partial charge in [-0.2, -0.15) is 0 Å². The predicted octanol–water partition coefficient (Wildman–Crippen LogP) is 1.91. The summed E-state index contributed by atoms with van der Waals surface area (Å²) in [5.41, 5.74) is 1.76. The third-order valence-electron chi connectivity index (χ3n) is 3.97. The number of anilines is 1. The van der Waals surface area contributed by atoms with E-state index >= 15 is 0 Å². The van der Waals surface area contributed by atoms with Crippen molar-refractivity contribution in [1.29, 1.82) is 0 Å². The number of carbonyl (C=O) groups excluding carboxylic acids is 3. The molecule has 0 bridgehead atoms. The molecule has 1 fully saturated rings. The Morgan fingerprint density at radius 3 is 2.57 bits per heavy atom. The van der Waals surface area contributed by atoms with E-state index in [1.165, 1.54) is 4.90 Å². The molecule has 0 atom stereocenters. The van der Waals surface area contributed by atoms with Gasteiger partial charge in [0.05, 0.1) is 11.3 Å². The third kappa shape index (κ3) is 2.37. The van der Waals surface area contributed by atoms with Crippen LogP contribution in [-0.4, -0.2) is 42.1 Å².